The third-order valence-corrected chi connectivity index (χ3v) is 29.7. The molecule has 144 heavy (non-hydrogen) atoms. The first-order valence-corrected chi connectivity index (χ1v) is 49.6. The summed E-state index contributed by atoms with van der Waals surface area (Å²) in [4.78, 5) is 0. The van der Waals surface area contributed by atoms with Gasteiger partial charge < -0.3 is 27.4 Å². The third-order valence-electron chi connectivity index (χ3n) is 29.7. The first-order chi connectivity index (χ1) is 71.4. The highest BCUT2D eigenvalue weighted by Gasteiger charge is 2.24. The Bertz CT molecular complexity index is 10100. The van der Waals surface area contributed by atoms with E-state index >= 15 is 0 Å². The monoisotopic (exact) mass is 1830 g/mol. The molecule has 6 aromatic heterocycles. The van der Waals surface area contributed by atoms with Crippen LogP contribution in [0.2, 0.25) is 0 Å². The summed E-state index contributed by atoms with van der Waals surface area (Å²) < 4.78 is 14.4. The first-order valence-electron chi connectivity index (χ1n) is 49.6. The Morgan fingerprint density at radius 2 is 0.333 bits per heavy atom. The Balaban J connectivity index is 0.000000106. The maximum atomic E-state index is 2.43. The zero-order chi connectivity index (χ0) is 94.8. The molecule has 0 aliphatic carbocycles. The second-order valence-corrected chi connectivity index (χ2v) is 37.7. The molecule has 0 unspecified atom stereocenters. The van der Waals surface area contributed by atoms with E-state index in [2.05, 4.69) is 573 Å². The predicted molar refractivity (Wildman–Crippen MR) is 610 cm³/mol. The first kappa shape index (κ1) is 83.1. The standard InChI is InChI=1S/C52H34N2.C44H28N2.C42H28N2/c1-3-14-36(15-4-1)43-28-27-42(34-46(43)37-16-5-2-6-17-37)54-50-22-12-10-20-45(50)48-33-40(25-30-52(48)54)39-24-29-51-47(32-39)44-19-9-11-21-49(44)53(51)41-26-23-35-13-7-8-18-38(35)31-41;1-3-15-33-29(11-1)13-9-21-39(33)45-41-19-7-5-17-35(41)37-27-31(23-25-43(37)45)32-24-26-44-38(28-32)36-18-6-8-20-42(36)46(44)40-22-10-14-30-12-2-4-16-34(30)40;1-3-11-29(12-4-1)30-19-23-34(24-20-30)44-40-18-10-8-16-36(40)38-28-32(22-26-42(38)44)31-21-25-41-37(27-31)35-15-7-9-17-39(35)43(41)33-13-5-2-6-14-33/h1-34H;1-28H;1-28H. The maximum absolute atomic E-state index is 2.43. The van der Waals surface area contributed by atoms with Crippen LogP contribution >= 0.6 is 0 Å². The van der Waals surface area contributed by atoms with Crippen molar-refractivity contribution in [2.75, 3.05) is 0 Å². The largest absolute Gasteiger partial charge is 0.309 e. The molecule has 0 spiro atoms. The molecule has 0 atom stereocenters. The molecule has 0 fully saturated rings. The fourth-order valence-electron chi connectivity index (χ4n) is 23.1. The minimum absolute atomic E-state index is 1.15. The number of hydrogen-bond donors (Lipinski definition) is 0. The number of para-hydroxylation sites is 7. The molecule has 0 saturated heterocycles. The van der Waals surface area contributed by atoms with Crippen molar-refractivity contribution in [3.8, 4) is 101 Å². The lowest BCUT2D eigenvalue weighted by molar-refractivity contribution is 1.18. The van der Waals surface area contributed by atoms with Crippen molar-refractivity contribution in [3.63, 3.8) is 0 Å². The molecule has 0 aliphatic rings. The molecule has 6 nitrogen and oxygen atoms in total. The summed E-state index contributed by atoms with van der Waals surface area (Å²) in [6.45, 7) is 0. The van der Waals surface area contributed by atoms with Crippen LogP contribution in [0.1, 0.15) is 0 Å². The molecule has 0 aliphatic heterocycles. The van der Waals surface area contributed by atoms with Crippen LogP contribution < -0.4 is 0 Å². The van der Waals surface area contributed by atoms with Gasteiger partial charge in [0.25, 0.3) is 0 Å². The van der Waals surface area contributed by atoms with Gasteiger partial charge in [-0.05, 0) is 258 Å². The molecule has 0 bridgehead atoms. The van der Waals surface area contributed by atoms with E-state index in [9.17, 15) is 0 Å². The molecule has 30 aromatic rings. The minimum Gasteiger partial charge on any atom is -0.309 e. The predicted octanol–water partition coefficient (Wildman–Crippen LogP) is 37.1. The van der Waals surface area contributed by atoms with Crippen LogP contribution in [0.4, 0.5) is 0 Å². The van der Waals surface area contributed by atoms with E-state index in [-0.39, 0.29) is 0 Å². The fraction of sp³-hybridized carbons (Fsp3) is 0. The molecule has 6 heteroatoms. The summed E-state index contributed by atoms with van der Waals surface area (Å²) >= 11 is 0. The summed E-state index contributed by atoms with van der Waals surface area (Å²) in [5.41, 5.74) is 36.3. The fourth-order valence-corrected chi connectivity index (χ4v) is 23.1. The van der Waals surface area contributed by atoms with Crippen molar-refractivity contribution < 1.29 is 0 Å². The van der Waals surface area contributed by atoms with Gasteiger partial charge in [-0.2, -0.15) is 0 Å². The average Bonchev–Trinajstić information content (AvgIpc) is 1.55. The maximum Gasteiger partial charge on any atom is 0.0541 e. The Labute approximate surface area is 831 Å². The van der Waals surface area contributed by atoms with Crippen molar-refractivity contribution in [1.82, 2.24) is 27.4 Å². The molecule has 0 amide bonds. The van der Waals surface area contributed by atoms with Crippen LogP contribution in [0.3, 0.4) is 0 Å². The molecule has 0 radical (unpaired) electrons. The second-order valence-electron chi connectivity index (χ2n) is 37.7. The van der Waals surface area contributed by atoms with Crippen LogP contribution in [0.25, 0.3) is 264 Å². The summed E-state index contributed by atoms with van der Waals surface area (Å²) in [5, 5.41) is 22.6. The highest BCUT2D eigenvalue weighted by atomic mass is 15.0. The van der Waals surface area contributed by atoms with Gasteiger partial charge in [-0.15, -0.1) is 0 Å². The lowest BCUT2D eigenvalue weighted by atomic mass is 9.94. The van der Waals surface area contributed by atoms with Gasteiger partial charge in [-0.25, -0.2) is 0 Å². The number of nitrogens with zero attached hydrogens (tertiary/aromatic N) is 6. The molecule has 672 valence electrons. The summed E-state index contributed by atoms with van der Waals surface area (Å²) in [5.74, 6) is 0. The molecular weight excluding hydrogens is 1740 g/mol. The van der Waals surface area contributed by atoms with E-state index in [4.69, 9.17) is 0 Å². The van der Waals surface area contributed by atoms with Gasteiger partial charge >= 0.3 is 0 Å². The molecule has 30 rings (SSSR count). The SMILES string of the molecule is c1ccc(-c2ccc(-n3c4ccccc4c4cc(-c5ccc6c(c5)c5ccccc5n6-c5ccc6ccccc6c5)ccc43)cc2-c2ccccc2)cc1.c1ccc(-c2ccc(-n3c4ccccc4c4cc(-c5ccc6c(c5)c5ccccc5n6-c5ccccc5)ccc43)cc2)cc1.c1ccc2c(-n3c4ccccc4c4cc(-c5ccc6c(c5)c5ccccc5n6-c5cccc6ccccc56)ccc43)cccc2c1. The topological polar surface area (TPSA) is 29.6 Å². The quantitative estimate of drug-likeness (QED) is 0.117. The second kappa shape index (κ2) is 34.5. The number of benzene rings is 24. The van der Waals surface area contributed by atoms with Gasteiger partial charge in [0, 0.05) is 98.2 Å². The van der Waals surface area contributed by atoms with E-state index in [1.54, 1.807) is 0 Å². The van der Waals surface area contributed by atoms with Gasteiger partial charge in [0.15, 0.2) is 0 Å². The van der Waals surface area contributed by atoms with Gasteiger partial charge in [0.05, 0.1) is 77.6 Å². The lowest BCUT2D eigenvalue weighted by Crippen LogP contribution is -1.96. The third kappa shape index (κ3) is 13.9. The number of hydrogen-bond acceptors (Lipinski definition) is 0. The summed E-state index contributed by atoms with van der Waals surface area (Å²) in [6, 6.07) is 199. The average molecular weight is 1830 g/mol. The van der Waals surface area contributed by atoms with Crippen LogP contribution in [-0.2, 0) is 0 Å². The van der Waals surface area contributed by atoms with Crippen LogP contribution in [-0.4, -0.2) is 27.4 Å². The Morgan fingerprint density at radius 3 is 0.708 bits per heavy atom. The lowest BCUT2D eigenvalue weighted by Gasteiger charge is -2.15. The Kier molecular flexibility index (Phi) is 19.9. The molecule has 6 heterocycles. The van der Waals surface area contributed by atoms with E-state index < -0.39 is 0 Å². The zero-order valence-electron chi connectivity index (χ0n) is 78.6. The van der Waals surface area contributed by atoms with Gasteiger partial charge in [0.2, 0.25) is 0 Å². The number of rotatable bonds is 12. The normalized spacial score (nSPS) is 11.8. The summed E-state index contributed by atoms with van der Waals surface area (Å²) in [6.07, 6.45) is 0. The van der Waals surface area contributed by atoms with Crippen molar-refractivity contribution in [3.05, 3.63) is 546 Å². The minimum atomic E-state index is 1.15. The van der Waals surface area contributed by atoms with Crippen LogP contribution in [0, 0.1) is 0 Å². The van der Waals surface area contributed by atoms with Gasteiger partial charge in [-0.3, -0.25) is 0 Å². The van der Waals surface area contributed by atoms with Crippen molar-refractivity contribution >= 4 is 163 Å². The Morgan fingerprint density at radius 1 is 0.0972 bits per heavy atom. The van der Waals surface area contributed by atoms with E-state index in [1.165, 1.54) is 258 Å². The number of fused-ring (bicyclic) bond motifs is 21. The smallest absolute Gasteiger partial charge is 0.0541 e. The zero-order valence-corrected chi connectivity index (χ0v) is 78.6. The molecule has 0 saturated carbocycles. The summed E-state index contributed by atoms with van der Waals surface area (Å²) in [7, 11) is 0. The molecule has 24 aromatic carbocycles. The van der Waals surface area contributed by atoms with E-state index in [1.807, 2.05) is 0 Å². The highest BCUT2D eigenvalue weighted by molar-refractivity contribution is 6.18. The molecular formula is C138H90N6. The van der Waals surface area contributed by atoms with Crippen molar-refractivity contribution in [2.24, 2.45) is 0 Å². The Hall–Kier alpha value is -19.1. The number of aromatic nitrogens is 6. The van der Waals surface area contributed by atoms with Crippen molar-refractivity contribution in [1.29, 1.82) is 0 Å². The van der Waals surface area contributed by atoms with Gasteiger partial charge in [0.1, 0.15) is 0 Å². The van der Waals surface area contributed by atoms with E-state index in [0.29, 0.717) is 0 Å². The van der Waals surface area contributed by atoms with Crippen LogP contribution in [0.5, 0.6) is 0 Å². The van der Waals surface area contributed by atoms with E-state index in [0.717, 1.165) is 5.69 Å². The highest BCUT2D eigenvalue weighted by Crippen LogP contribution is 2.47. The van der Waals surface area contributed by atoms with Crippen molar-refractivity contribution in [2.45, 2.75) is 0 Å². The van der Waals surface area contributed by atoms with Gasteiger partial charge in [-0.1, -0.05) is 376 Å². The van der Waals surface area contributed by atoms with Crippen LogP contribution in [0.15, 0.2) is 546 Å². The molecule has 0 N–H and O–H groups in total.